The van der Waals surface area contributed by atoms with Crippen LogP contribution in [0, 0.1) is 17.0 Å². The summed E-state index contributed by atoms with van der Waals surface area (Å²) in [5, 5.41) is 30.3. The zero-order valence-electron chi connectivity index (χ0n) is 10.9. The first-order valence-electron chi connectivity index (χ1n) is 5.73. The summed E-state index contributed by atoms with van der Waals surface area (Å²) in [7, 11) is 0. The molecule has 0 saturated heterocycles. The minimum Gasteiger partial charge on any atom is -0.481 e. The molecule has 0 bridgehead atoms. The number of amides is 1. The van der Waals surface area contributed by atoms with Gasteiger partial charge in [0.1, 0.15) is 11.6 Å². The third-order valence-electron chi connectivity index (χ3n) is 2.65. The average Bonchev–Trinajstić information content (AvgIpc) is 2.36. The first-order chi connectivity index (χ1) is 9.73. The van der Waals surface area contributed by atoms with Gasteiger partial charge in [-0.1, -0.05) is 12.1 Å². The minimum absolute atomic E-state index is 0.234. The number of nitro groups is 1. The van der Waals surface area contributed by atoms with E-state index < -0.39 is 40.9 Å². The van der Waals surface area contributed by atoms with E-state index in [1.807, 2.05) is 5.32 Å². The lowest BCUT2D eigenvalue weighted by molar-refractivity contribution is -0.385. The number of para-hydroxylation sites is 1. The Bertz CT molecular complexity index is 612. The Morgan fingerprint density at radius 1 is 1.33 bits per heavy atom. The fourth-order valence-electron chi connectivity index (χ4n) is 1.70. The molecule has 1 aromatic carbocycles. The molecule has 0 heterocycles. The van der Waals surface area contributed by atoms with Crippen molar-refractivity contribution in [1.29, 1.82) is 0 Å². The normalized spacial score (nSPS) is 11.5. The second-order valence-electron chi connectivity index (χ2n) is 4.19. The molecule has 1 rings (SSSR count). The van der Waals surface area contributed by atoms with E-state index in [0.29, 0.717) is 0 Å². The van der Waals surface area contributed by atoms with Crippen molar-refractivity contribution < 1.29 is 29.5 Å². The third-order valence-corrected chi connectivity index (χ3v) is 2.65. The summed E-state index contributed by atoms with van der Waals surface area (Å²) >= 11 is 0. The number of carboxylic acid groups (broad SMARTS) is 2. The minimum atomic E-state index is -1.67. The Morgan fingerprint density at radius 2 is 1.95 bits per heavy atom. The summed E-state index contributed by atoms with van der Waals surface area (Å²) in [5.41, 5.74) is -0.538. The zero-order valence-corrected chi connectivity index (χ0v) is 10.9. The molecule has 21 heavy (non-hydrogen) atoms. The highest BCUT2D eigenvalue weighted by molar-refractivity contribution is 6.00. The van der Waals surface area contributed by atoms with Crippen molar-refractivity contribution in [3.63, 3.8) is 0 Å². The molecular weight excluding hydrogens is 284 g/mol. The van der Waals surface area contributed by atoms with Crippen LogP contribution in [0.4, 0.5) is 5.69 Å². The summed E-state index contributed by atoms with van der Waals surface area (Å²) in [6.07, 6.45) is -0.833. The number of aryl methyl sites for hydroxylation is 1. The first-order valence-corrected chi connectivity index (χ1v) is 5.73. The fourth-order valence-corrected chi connectivity index (χ4v) is 1.70. The highest BCUT2D eigenvalue weighted by atomic mass is 16.6. The predicted octanol–water partition coefficient (Wildman–Crippen LogP) is 0.561. The summed E-state index contributed by atoms with van der Waals surface area (Å²) in [6, 6.07) is 2.33. The average molecular weight is 296 g/mol. The van der Waals surface area contributed by atoms with E-state index in [-0.39, 0.29) is 11.1 Å². The molecule has 0 aliphatic heterocycles. The maximum Gasteiger partial charge on any atom is 0.326 e. The quantitative estimate of drug-likeness (QED) is 0.513. The molecule has 1 amide bonds. The molecule has 0 radical (unpaired) electrons. The van der Waals surface area contributed by atoms with Gasteiger partial charge < -0.3 is 15.5 Å². The number of hydrogen-bond donors (Lipinski definition) is 3. The van der Waals surface area contributed by atoms with Gasteiger partial charge in [0.05, 0.1) is 11.3 Å². The van der Waals surface area contributed by atoms with Crippen LogP contribution >= 0.6 is 0 Å². The van der Waals surface area contributed by atoms with Gasteiger partial charge in [-0.2, -0.15) is 0 Å². The van der Waals surface area contributed by atoms with Gasteiger partial charge >= 0.3 is 11.9 Å². The fraction of sp³-hybridized carbons (Fsp3) is 0.250. The van der Waals surface area contributed by atoms with Gasteiger partial charge in [-0.15, -0.1) is 0 Å². The number of nitrogens with zero attached hydrogens (tertiary/aromatic N) is 1. The van der Waals surface area contributed by atoms with Crippen molar-refractivity contribution in [1.82, 2.24) is 5.32 Å². The maximum atomic E-state index is 11.9. The Morgan fingerprint density at radius 3 is 2.43 bits per heavy atom. The van der Waals surface area contributed by atoms with Crippen LogP contribution in [-0.2, 0) is 9.59 Å². The highest BCUT2D eigenvalue weighted by Gasteiger charge is 2.28. The van der Waals surface area contributed by atoms with Crippen molar-refractivity contribution in [2.45, 2.75) is 19.4 Å². The number of rotatable bonds is 6. The molecule has 1 aromatic rings. The number of carbonyl (C=O) groups excluding carboxylic acids is 1. The molecule has 0 fully saturated rings. The van der Waals surface area contributed by atoms with Crippen LogP contribution in [0.1, 0.15) is 22.3 Å². The van der Waals surface area contributed by atoms with Crippen LogP contribution in [0.25, 0.3) is 0 Å². The first kappa shape index (κ1) is 16.1. The summed E-state index contributed by atoms with van der Waals surface area (Å²) < 4.78 is 0. The number of carbonyl (C=O) groups is 3. The van der Waals surface area contributed by atoms with Crippen molar-refractivity contribution in [3.8, 4) is 0 Å². The monoisotopic (exact) mass is 296 g/mol. The highest BCUT2D eigenvalue weighted by Crippen LogP contribution is 2.23. The smallest absolute Gasteiger partial charge is 0.326 e. The number of nitrogens with one attached hydrogen (secondary N) is 1. The van der Waals surface area contributed by atoms with Gasteiger partial charge in [-0.3, -0.25) is 19.7 Å². The lowest BCUT2D eigenvalue weighted by Gasteiger charge is -2.12. The Hall–Kier alpha value is -2.97. The van der Waals surface area contributed by atoms with Crippen molar-refractivity contribution in [2.24, 2.45) is 0 Å². The van der Waals surface area contributed by atoms with E-state index in [1.165, 1.54) is 25.1 Å². The number of nitro benzene ring substituents is 1. The molecular formula is C12H12N2O7. The van der Waals surface area contributed by atoms with Crippen LogP contribution in [0.5, 0.6) is 0 Å². The lowest BCUT2D eigenvalue weighted by atomic mass is 10.1. The molecule has 0 aromatic heterocycles. The molecule has 9 heteroatoms. The molecule has 1 atom stereocenters. The van der Waals surface area contributed by atoms with Crippen LogP contribution in [0.15, 0.2) is 18.2 Å². The standard InChI is InChI=1S/C12H12N2O7/c1-6-3-2-4-7(10(6)14(20)21)11(17)13-8(12(18)19)5-9(15)16/h2-4,8H,5H2,1H3,(H,13,17)(H,15,16)(H,18,19)/t8-/m0/s1. The number of benzene rings is 1. The van der Waals surface area contributed by atoms with E-state index in [0.717, 1.165) is 0 Å². The van der Waals surface area contributed by atoms with Crippen molar-refractivity contribution >= 4 is 23.5 Å². The van der Waals surface area contributed by atoms with Crippen LogP contribution in [-0.4, -0.2) is 39.0 Å². The molecule has 0 unspecified atom stereocenters. The van der Waals surface area contributed by atoms with Gasteiger partial charge in [0.15, 0.2) is 0 Å². The Labute approximate surface area is 118 Å². The van der Waals surface area contributed by atoms with Gasteiger partial charge in [0.2, 0.25) is 0 Å². The van der Waals surface area contributed by atoms with Crippen molar-refractivity contribution in [2.75, 3.05) is 0 Å². The Kier molecular flexibility index (Phi) is 4.95. The summed E-state index contributed by atoms with van der Waals surface area (Å²) in [5.74, 6) is -3.97. The topological polar surface area (TPSA) is 147 Å². The van der Waals surface area contributed by atoms with E-state index >= 15 is 0 Å². The van der Waals surface area contributed by atoms with Gasteiger partial charge in [-0.05, 0) is 13.0 Å². The largest absolute Gasteiger partial charge is 0.481 e. The van der Waals surface area contributed by atoms with Crippen LogP contribution < -0.4 is 5.32 Å². The van der Waals surface area contributed by atoms with E-state index in [2.05, 4.69) is 0 Å². The third kappa shape index (κ3) is 4.00. The maximum absolute atomic E-state index is 11.9. The molecule has 0 spiro atoms. The van der Waals surface area contributed by atoms with Crippen LogP contribution in [0.2, 0.25) is 0 Å². The van der Waals surface area contributed by atoms with Crippen LogP contribution in [0.3, 0.4) is 0 Å². The van der Waals surface area contributed by atoms with E-state index in [4.69, 9.17) is 10.2 Å². The van der Waals surface area contributed by atoms with Gasteiger partial charge in [0.25, 0.3) is 11.6 Å². The molecule has 112 valence electrons. The second-order valence-corrected chi connectivity index (χ2v) is 4.19. The number of aliphatic carboxylic acids is 2. The number of hydrogen-bond acceptors (Lipinski definition) is 5. The lowest BCUT2D eigenvalue weighted by Crippen LogP contribution is -2.42. The van der Waals surface area contributed by atoms with E-state index in [9.17, 15) is 24.5 Å². The van der Waals surface area contributed by atoms with E-state index in [1.54, 1.807) is 0 Å². The molecule has 0 aliphatic rings. The zero-order chi connectivity index (χ0) is 16.2. The molecule has 0 aliphatic carbocycles. The summed E-state index contributed by atoms with van der Waals surface area (Å²) in [4.78, 5) is 43.6. The van der Waals surface area contributed by atoms with Gasteiger partial charge in [-0.25, -0.2) is 4.79 Å². The SMILES string of the molecule is Cc1cccc(C(=O)N[C@@H](CC(=O)O)C(=O)O)c1[N+](=O)[O-]. The predicted molar refractivity (Wildman–Crippen MR) is 69.0 cm³/mol. The second kappa shape index (κ2) is 6.46. The summed E-state index contributed by atoms with van der Waals surface area (Å²) in [6.45, 7) is 1.43. The van der Waals surface area contributed by atoms with Gasteiger partial charge in [0, 0.05) is 5.56 Å². The van der Waals surface area contributed by atoms with Crippen molar-refractivity contribution in [3.05, 3.63) is 39.4 Å². The molecule has 0 saturated carbocycles. The molecule has 3 N–H and O–H groups in total. The number of carboxylic acids is 2. The Balaban J connectivity index is 3.09. The molecule has 9 nitrogen and oxygen atoms in total.